The molecule has 0 aliphatic heterocycles. The molecule has 0 aliphatic carbocycles. The van der Waals surface area contributed by atoms with Crippen molar-refractivity contribution >= 4 is 28.3 Å². The van der Waals surface area contributed by atoms with Gasteiger partial charge in [0.1, 0.15) is 5.69 Å². The smallest absolute Gasteiger partial charge is 0.281 e. The number of aliphatic hydroxyl groups is 1. The van der Waals surface area contributed by atoms with Crippen molar-refractivity contribution in [2.24, 2.45) is 0 Å². The Hall–Kier alpha value is -0.500. The number of halogens is 3. The first-order valence-electron chi connectivity index (χ1n) is 3.39. The molecule has 0 atom stereocenters. The Kier molecular flexibility index (Phi) is 3.37. The Morgan fingerprint density at radius 2 is 2.23 bits per heavy atom. The number of hydrogen-bond donors (Lipinski definition) is 2. The van der Waals surface area contributed by atoms with Crippen LogP contribution in [0.15, 0.2) is 6.20 Å². The van der Waals surface area contributed by atoms with Gasteiger partial charge in [0.2, 0.25) is 0 Å². The zero-order valence-corrected chi connectivity index (χ0v) is 8.62. The second kappa shape index (κ2) is 4.14. The second-order valence-corrected chi connectivity index (χ2v) is 3.43. The second-order valence-electron chi connectivity index (χ2n) is 2.36. The molecule has 0 saturated heterocycles. The fraction of sp³-hybridized carbons (Fsp3) is 0.286. The normalized spacial score (nSPS) is 10.8. The average Bonchev–Trinajstić information content (AvgIpc) is 2.09. The van der Waals surface area contributed by atoms with Gasteiger partial charge < -0.3 is 10.8 Å². The zero-order chi connectivity index (χ0) is 10.0. The van der Waals surface area contributed by atoms with E-state index in [0.29, 0.717) is 5.56 Å². The molecule has 0 radical (unpaired) electrons. The van der Waals surface area contributed by atoms with Crippen molar-refractivity contribution in [3.8, 4) is 0 Å². The number of rotatable bonds is 2. The summed E-state index contributed by atoms with van der Waals surface area (Å²) in [4.78, 5) is 3.51. The highest BCUT2D eigenvalue weighted by atomic mass is 127. The standard InChI is InChI=1S/C7H7F2IN2O/c8-7(9)6-4(10)5(11)3(2-13)1-12-6/h1,7,13H,2H2,(H2,11,12). The van der Waals surface area contributed by atoms with Gasteiger partial charge in [0.05, 0.1) is 15.9 Å². The first-order valence-corrected chi connectivity index (χ1v) is 4.47. The summed E-state index contributed by atoms with van der Waals surface area (Å²) in [6, 6.07) is 0. The number of aliphatic hydroxyl groups excluding tert-OH is 1. The summed E-state index contributed by atoms with van der Waals surface area (Å²) in [5.41, 5.74) is 5.70. The van der Waals surface area contributed by atoms with Crippen molar-refractivity contribution in [2.75, 3.05) is 5.73 Å². The molecule has 1 heterocycles. The SMILES string of the molecule is Nc1c(CO)cnc(C(F)F)c1I. The molecule has 0 aliphatic rings. The van der Waals surface area contributed by atoms with Gasteiger partial charge in [-0.1, -0.05) is 0 Å². The van der Waals surface area contributed by atoms with Crippen molar-refractivity contribution in [1.82, 2.24) is 4.98 Å². The van der Waals surface area contributed by atoms with E-state index in [9.17, 15) is 8.78 Å². The molecule has 0 fully saturated rings. The van der Waals surface area contributed by atoms with Crippen molar-refractivity contribution in [1.29, 1.82) is 0 Å². The topological polar surface area (TPSA) is 59.1 Å². The summed E-state index contributed by atoms with van der Waals surface area (Å²) in [6.45, 7) is -0.293. The summed E-state index contributed by atoms with van der Waals surface area (Å²) >= 11 is 1.69. The highest BCUT2D eigenvalue weighted by Gasteiger charge is 2.16. The molecule has 72 valence electrons. The number of nitrogen functional groups attached to an aromatic ring is 1. The van der Waals surface area contributed by atoms with E-state index in [2.05, 4.69) is 4.98 Å². The average molecular weight is 300 g/mol. The number of nitrogens with zero attached hydrogens (tertiary/aromatic N) is 1. The maximum atomic E-state index is 12.3. The van der Waals surface area contributed by atoms with E-state index in [-0.39, 0.29) is 21.6 Å². The Bertz CT molecular complexity index is 320. The molecule has 0 aromatic carbocycles. The van der Waals surface area contributed by atoms with Crippen molar-refractivity contribution in [3.05, 3.63) is 21.0 Å². The molecule has 1 rings (SSSR count). The molecule has 1 aromatic heterocycles. The van der Waals surface area contributed by atoms with Gasteiger partial charge >= 0.3 is 0 Å². The number of pyridine rings is 1. The van der Waals surface area contributed by atoms with Gasteiger partial charge in [-0.15, -0.1) is 0 Å². The summed E-state index contributed by atoms with van der Waals surface area (Å²) in [5, 5.41) is 8.76. The van der Waals surface area contributed by atoms with Crippen molar-refractivity contribution in [3.63, 3.8) is 0 Å². The molecule has 3 nitrogen and oxygen atoms in total. The van der Waals surface area contributed by atoms with Gasteiger partial charge in [0.25, 0.3) is 6.43 Å². The first kappa shape index (κ1) is 10.6. The van der Waals surface area contributed by atoms with Crippen LogP contribution in [0.5, 0.6) is 0 Å². The molecule has 0 amide bonds. The minimum Gasteiger partial charge on any atom is -0.397 e. The van der Waals surface area contributed by atoms with E-state index in [1.165, 1.54) is 6.20 Å². The quantitative estimate of drug-likeness (QED) is 0.817. The van der Waals surface area contributed by atoms with E-state index < -0.39 is 6.43 Å². The van der Waals surface area contributed by atoms with Crippen LogP contribution in [0.1, 0.15) is 17.7 Å². The van der Waals surface area contributed by atoms with Crippen LogP contribution in [-0.2, 0) is 6.61 Å². The molecule has 0 unspecified atom stereocenters. The van der Waals surface area contributed by atoms with Gasteiger partial charge in [-0.05, 0) is 22.6 Å². The Balaban J connectivity index is 3.23. The maximum absolute atomic E-state index is 12.3. The van der Waals surface area contributed by atoms with Crippen LogP contribution < -0.4 is 5.73 Å². The number of hydrogen-bond acceptors (Lipinski definition) is 3. The predicted molar refractivity (Wildman–Crippen MR) is 52.2 cm³/mol. The summed E-state index contributed by atoms with van der Waals surface area (Å²) < 4.78 is 24.7. The predicted octanol–water partition coefficient (Wildman–Crippen LogP) is 1.70. The lowest BCUT2D eigenvalue weighted by Gasteiger charge is -2.08. The highest BCUT2D eigenvalue weighted by Crippen LogP contribution is 2.28. The lowest BCUT2D eigenvalue weighted by molar-refractivity contribution is 0.145. The molecule has 13 heavy (non-hydrogen) atoms. The van der Waals surface area contributed by atoms with Crippen LogP contribution in [-0.4, -0.2) is 10.1 Å². The van der Waals surface area contributed by atoms with Crippen LogP contribution in [0, 0.1) is 3.57 Å². The van der Waals surface area contributed by atoms with Gasteiger partial charge in [0, 0.05) is 11.8 Å². The van der Waals surface area contributed by atoms with Crippen LogP contribution in [0.3, 0.4) is 0 Å². The van der Waals surface area contributed by atoms with Crippen LogP contribution >= 0.6 is 22.6 Å². The van der Waals surface area contributed by atoms with E-state index in [0.717, 1.165) is 0 Å². The van der Waals surface area contributed by atoms with E-state index >= 15 is 0 Å². The molecule has 3 N–H and O–H groups in total. The van der Waals surface area contributed by atoms with Crippen LogP contribution in [0.25, 0.3) is 0 Å². The van der Waals surface area contributed by atoms with Crippen LogP contribution in [0.2, 0.25) is 0 Å². The zero-order valence-electron chi connectivity index (χ0n) is 6.47. The minimum atomic E-state index is -2.64. The molecule has 6 heteroatoms. The largest absolute Gasteiger partial charge is 0.397 e. The van der Waals surface area contributed by atoms with E-state index in [1.54, 1.807) is 22.6 Å². The van der Waals surface area contributed by atoms with Crippen LogP contribution in [0.4, 0.5) is 14.5 Å². The third kappa shape index (κ3) is 2.05. The van der Waals surface area contributed by atoms with Crippen molar-refractivity contribution in [2.45, 2.75) is 13.0 Å². The molecular weight excluding hydrogens is 293 g/mol. The molecule has 0 bridgehead atoms. The fourth-order valence-corrected chi connectivity index (χ4v) is 1.55. The molecule has 0 spiro atoms. The summed E-state index contributed by atoms with van der Waals surface area (Å²) in [6.07, 6.45) is -1.47. The van der Waals surface area contributed by atoms with Crippen molar-refractivity contribution < 1.29 is 13.9 Å². The third-order valence-electron chi connectivity index (χ3n) is 1.54. The molecule has 1 aromatic rings. The number of aromatic nitrogens is 1. The minimum absolute atomic E-state index is 0.174. The fourth-order valence-electron chi connectivity index (χ4n) is 0.831. The first-order chi connectivity index (χ1) is 6.07. The third-order valence-corrected chi connectivity index (χ3v) is 2.68. The molecule has 0 saturated carbocycles. The number of alkyl halides is 2. The van der Waals surface area contributed by atoms with E-state index in [4.69, 9.17) is 10.8 Å². The lowest BCUT2D eigenvalue weighted by atomic mass is 10.2. The Morgan fingerprint density at radius 1 is 1.62 bits per heavy atom. The maximum Gasteiger partial charge on any atom is 0.281 e. The van der Waals surface area contributed by atoms with Gasteiger partial charge in [-0.25, -0.2) is 8.78 Å². The Labute approximate surface area is 87.1 Å². The molecular formula is C7H7F2IN2O. The number of anilines is 1. The monoisotopic (exact) mass is 300 g/mol. The van der Waals surface area contributed by atoms with Gasteiger partial charge in [-0.2, -0.15) is 0 Å². The lowest BCUT2D eigenvalue weighted by Crippen LogP contribution is -2.04. The summed E-state index contributed by atoms with van der Waals surface area (Å²) in [7, 11) is 0. The van der Waals surface area contributed by atoms with Gasteiger partial charge in [0.15, 0.2) is 0 Å². The van der Waals surface area contributed by atoms with E-state index in [1.807, 2.05) is 0 Å². The number of nitrogens with two attached hydrogens (primary N) is 1. The summed E-state index contributed by atoms with van der Waals surface area (Å²) in [5.74, 6) is 0. The highest BCUT2D eigenvalue weighted by molar-refractivity contribution is 14.1. The van der Waals surface area contributed by atoms with Gasteiger partial charge in [-0.3, -0.25) is 4.98 Å². The Morgan fingerprint density at radius 3 is 2.69 bits per heavy atom.